The molecule has 0 saturated heterocycles. The van der Waals surface area contributed by atoms with Crippen LogP contribution in [0, 0.1) is 29.6 Å². The summed E-state index contributed by atoms with van der Waals surface area (Å²) in [5.41, 5.74) is 2.18. The second kappa shape index (κ2) is 12.1. The molecule has 0 spiro atoms. The Morgan fingerprint density at radius 3 is 2.49 bits per heavy atom. The fraction of sp³-hybridized carbons (Fsp3) is 0.471. The minimum absolute atomic E-state index is 0.117. The number of benzene rings is 2. The molecule has 0 N–H and O–H groups in total. The lowest BCUT2D eigenvalue weighted by Crippen LogP contribution is -2.09. The number of unbranched alkanes of at least 4 members (excludes halogenated alkanes) is 1. The van der Waals surface area contributed by atoms with Crippen molar-refractivity contribution in [1.82, 2.24) is 0 Å². The first kappa shape index (κ1) is 25.7. The number of allylic oxidation sites excluding steroid dienone is 4. The molecular weight excluding hydrogens is 456 g/mol. The highest BCUT2D eigenvalue weighted by Gasteiger charge is 2.53. The van der Waals surface area contributed by atoms with Gasteiger partial charge in [-0.25, -0.2) is 0 Å². The summed E-state index contributed by atoms with van der Waals surface area (Å²) in [5, 5.41) is 0. The van der Waals surface area contributed by atoms with Crippen LogP contribution in [0.2, 0.25) is 0 Å². The Labute approximate surface area is 222 Å². The molecule has 5 unspecified atom stereocenters. The molecule has 0 heterocycles. The SMILES string of the molecule is CCCCC1C(CCCC2CC(=O)C(Cc3cccc(Oc4ccccc4)c3)C2)C1C(=O)C1=CC=CC1. The van der Waals surface area contributed by atoms with Gasteiger partial charge < -0.3 is 4.74 Å². The Kier molecular flexibility index (Phi) is 8.38. The minimum Gasteiger partial charge on any atom is -0.457 e. The van der Waals surface area contributed by atoms with Crippen LogP contribution in [-0.4, -0.2) is 11.6 Å². The molecule has 0 bridgehead atoms. The summed E-state index contributed by atoms with van der Waals surface area (Å²) in [6.45, 7) is 2.23. The average molecular weight is 497 g/mol. The van der Waals surface area contributed by atoms with E-state index < -0.39 is 0 Å². The lowest BCUT2D eigenvalue weighted by atomic mass is 9.94. The van der Waals surface area contributed by atoms with Gasteiger partial charge in [0.05, 0.1) is 0 Å². The van der Waals surface area contributed by atoms with Crippen LogP contribution in [0.1, 0.15) is 70.3 Å². The number of carbonyl (C=O) groups excluding carboxylic acids is 2. The number of carbonyl (C=O) groups is 2. The zero-order valence-electron chi connectivity index (χ0n) is 22.1. The van der Waals surface area contributed by atoms with E-state index in [0.29, 0.717) is 29.3 Å². The van der Waals surface area contributed by atoms with Crippen LogP contribution >= 0.6 is 0 Å². The Hall–Kier alpha value is -2.94. The molecule has 5 atom stereocenters. The van der Waals surface area contributed by atoms with Crippen LogP contribution in [-0.2, 0) is 16.0 Å². The molecule has 2 fully saturated rings. The van der Waals surface area contributed by atoms with Crippen molar-refractivity contribution in [3.8, 4) is 11.5 Å². The van der Waals surface area contributed by atoms with Gasteiger partial charge in [-0.05, 0) is 91.7 Å². The highest BCUT2D eigenvalue weighted by Crippen LogP contribution is 2.54. The van der Waals surface area contributed by atoms with Gasteiger partial charge in [0.1, 0.15) is 17.3 Å². The van der Waals surface area contributed by atoms with Crippen molar-refractivity contribution in [3.63, 3.8) is 0 Å². The second-order valence-corrected chi connectivity index (χ2v) is 11.4. The third-order valence-corrected chi connectivity index (χ3v) is 8.69. The van der Waals surface area contributed by atoms with Crippen LogP contribution in [0.15, 0.2) is 78.4 Å². The van der Waals surface area contributed by atoms with Crippen LogP contribution in [0.4, 0.5) is 0 Å². The molecule has 0 radical (unpaired) electrons. The van der Waals surface area contributed by atoms with Crippen molar-refractivity contribution < 1.29 is 14.3 Å². The largest absolute Gasteiger partial charge is 0.457 e. The molecule has 3 aliphatic carbocycles. The molecule has 3 heteroatoms. The molecule has 0 aliphatic heterocycles. The smallest absolute Gasteiger partial charge is 0.162 e. The third kappa shape index (κ3) is 6.50. The molecule has 0 aromatic heterocycles. The Morgan fingerprint density at radius 2 is 1.73 bits per heavy atom. The summed E-state index contributed by atoms with van der Waals surface area (Å²) >= 11 is 0. The summed E-state index contributed by atoms with van der Waals surface area (Å²) in [6.07, 6.45) is 16.4. The number of ketones is 2. The topological polar surface area (TPSA) is 43.4 Å². The summed E-state index contributed by atoms with van der Waals surface area (Å²) in [5.74, 6) is 4.47. The van der Waals surface area contributed by atoms with E-state index in [0.717, 1.165) is 62.0 Å². The monoisotopic (exact) mass is 496 g/mol. The fourth-order valence-electron chi connectivity index (χ4n) is 6.68. The van der Waals surface area contributed by atoms with E-state index in [9.17, 15) is 9.59 Å². The van der Waals surface area contributed by atoms with E-state index in [1.807, 2.05) is 54.6 Å². The first-order valence-electron chi connectivity index (χ1n) is 14.4. The number of para-hydroxylation sites is 1. The standard InChI is InChI=1S/C34H40O3/c1-2-3-18-30-31(33(30)34(36)26-13-7-8-14-26)19-10-12-25-21-27(32(35)23-25)20-24-11-9-17-29(22-24)37-28-15-5-4-6-16-28/h4-9,11,13,15-17,22,25,27,30-31,33H,2-3,10,12,14,18-21,23H2,1H3. The fourth-order valence-corrected chi connectivity index (χ4v) is 6.68. The Balaban J connectivity index is 1.09. The van der Waals surface area contributed by atoms with Gasteiger partial charge in [0.15, 0.2) is 5.78 Å². The van der Waals surface area contributed by atoms with Crippen LogP contribution in [0.5, 0.6) is 11.5 Å². The molecule has 3 nitrogen and oxygen atoms in total. The molecule has 194 valence electrons. The maximum Gasteiger partial charge on any atom is 0.162 e. The number of Topliss-reactive ketones (excluding diaryl/α,β-unsaturated/α-hetero) is 2. The zero-order valence-corrected chi connectivity index (χ0v) is 22.1. The van der Waals surface area contributed by atoms with E-state index in [1.165, 1.54) is 24.8 Å². The molecule has 2 aromatic rings. The number of hydrogen-bond acceptors (Lipinski definition) is 3. The maximum atomic E-state index is 13.0. The molecule has 2 aromatic carbocycles. The molecular formula is C34H40O3. The molecule has 2 saturated carbocycles. The predicted octanol–water partition coefficient (Wildman–Crippen LogP) is 8.29. The van der Waals surface area contributed by atoms with Gasteiger partial charge in [0, 0.05) is 18.3 Å². The van der Waals surface area contributed by atoms with E-state index >= 15 is 0 Å². The highest BCUT2D eigenvalue weighted by molar-refractivity contribution is 6.00. The summed E-state index contributed by atoms with van der Waals surface area (Å²) in [4.78, 5) is 25.9. The lowest BCUT2D eigenvalue weighted by Gasteiger charge is -2.12. The molecule has 0 amide bonds. The highest BCUT2D eigenvalue weighted by atomic mass is 16.5. The van der Waals surface area contributed by atoms with E-state index in [-0.39, 0.29) is 11.8 Å². The van der Waals surface area contributed by atoms with E-state index in [1.54, 1.807) is 0 Å². The van der Waals surface area contributed by atoms with Crippen molar-refractivity contribution in [1.29, 1.82) is 0 Å². The zero-order chi connectivity index (χ0) is 25.6. The van der Waals surface area contributed by atoms with Gasteiger partial charge in [-0.2, -0.15) is 0 Å². The summed E-state index contributed by atoms with van der Waals surface area (Å²) in [6, 6.07) is 18.0. The van der Waals surface area contributed by atoms with Crippen molar-refractivity contribution in [3.05, 3.63) is 84.0 Å². The van der Waals surface area contributed by atoms with Crippen molar-refractivity contribution in [2.24, 2.45) is 29.6 Å². The third-order valence-electron chi connectivity index (χ3n) is 8.69. The number of hydrogen-bond donors (Lipinski definition) is 0. The predicted molar refractivity (Wildman–Crippen MR) is 149 cm³/mol. The van der Waals surface area contributed by atoms with Gasteiger partial charge in [-0.15, -0.1) is 0 Å². The normalized spacial score (nSPS) is 26.4. The number of rotatable bonds is 13. The molecule has 37 heavy (non-hydrogen) atoms. The Bertz CT molecular complexity index is 1140. The summed E-state index contributed by atoms with van der Waals surface area (Å²) in [7, 11) is 0. The number of ether oxygens (including phenoxy) is 1. The molecule has 5 rings (SSSR count). The van der Waals surface area contributed by atoms with Gasteiger partial charge in [-0.1, -0.05) is 74.7 Å². The summed E-state index contributed by atoms with van der Waals surface area (Å²) < 4.78 is 5.99. The minimum atomic E-state index is 0.117. The van der Waals surface area contributed by atoms with Crippen LogP contribution in [0.3, 0.4) is 0 Å². The van der Waals surface area contributed by atoms with Gasteiger partial charge >= 0.3 is 0 Å². The lowest BCUT2D eigenvalue weighted by molar-refractivity contribution is -0.120. The van der Waals surface area contributed by atoms with Crippen LogP contribution in [0.25, 0.3) is 0 Å². The van der Waals surface area contributed by atoms with Crippen molar-refractivity contribution in [2.75, 3.05) is 0 Å². The quantitative estimate of drug-likeness (QED) is 0.280. The first-order valence-corrected chi connectivity index (χ1v) is 14.4. The van der Waals surface area contributed by atoms with Gasteiger partial charge in [0.25, 0.3) is 0 Å². The van der Waals surface area contributed by atoms with Gasteiger partial charge in [-0.3, -0.25) is 9.59 Å². The van der Waals surface area contributed by atoms with Crippen LogP contribution < -0.4 is 4.74 Å². The Morgan fingerprint density at radius 1 is 0.946 bits per heavy atom. The van der Waals surface area contributed by atoms with E-state index in [4.69, 9.17) is 4.74 Å². The van der Waals surface area contributed by atoms with Crippen molar-refractivity contribution in [2.45, 2.75) is 71.1 Å². The second-order valence-electron chi connectivity index (χ2n) is 11.4. The average Bonchev–Trinajstić information content (AvgIpc) is 3.20. The van der Waals surface area contributed by atoms with E-state index in [2.05, 4.69) is 25.1 Å². The van der Waals surface area contributed by atoms with Crippen molar-refractivity contribution >= 4 is 11.6 Å². The van der Waals surface area contributed by atoms with Gasteiger partial charge in [0.2, 0.25) is 0 Å². The first-order chi connectivity index (χ1) is 18.1. The maximum absolute atomic E-state index is 13.0. The molecule has 3 aliphatic rings.